The number of amides is 1. The van der Waals surface area contributed by atoms with Crippen LogP contribution in [0, 0.1) is 5.92 Å². The number of rotatable bonds is 1. The van der Waals surface area contributed by atoms with Crippen molar-refractivity contribution in [1.82, 2.24) is 5.43 Å². The zero-order valence-electron chi connectivity index (χ0n) is 6.88. The summed E-state index contributed by atoms with van der Waals surface area (Å²) >= 11 is 0. The number of carbonyl (C=O) groups is 1. The molecule has 1 unspecified atom stereocenters. The number of nitrogens with one attached hydrogen (secondary N) is 1. The van der Waals surface area contributed by atoms with Crippen LogP contribution in [-0.4, -0.2) is 24.8 Å². The topological polar surface area (TPSA) is 50.7 Å². The molecule has 12 heavy (non-hydrogen) atoms. The second-order valence-corrected chi connectivity index (χ2v) is 3.23. The average molecular weight is 168 g/mol. The molecule has 1 saturated heterocycles. The van der Waals surface area contributed by atoms with E-state index in [-0.39, 0.29) is 5.91 Å². The van der Waals surface area contributed by atoms with Crippen LogP contribution in [-0.2, 0) is 9.53 Å². The highest BCUT2D eigenvalue weighted by Gasteiger charge is 2.25. The lowest BCUT2D eigenvalue weighted by Gasteiger charge is -2.20. The van der Waals surface area contributed by atoms with Gasteiger partial charge < -0.3 is 4.74 Å². The van der Waals surface area contributed by atoms with E-state index >= 15 is 0 Å². The molecule has 4 nitrogen and oxygen atoms in total. The van der Waals surface area contributed by atoms with Crippen LogP contribution >= 0.6 is 0 Å². The number of hydrazone groups is 1. The van der Waals surface area contributed by atoms with Crippen LogP contribution in [0.1, 0.15) is 19.3 Å². The van der Waals surface area contributed by atoms with Crippen LogP contribution < -0.4 is 5.43 Å². The summed E-state index contributed by atoms with van der Waals surface area (Å²) in [5, 5.41) is 3.98. The van der Waals surface area contributed by atoms with Crippen molar-refractivity contribution in [2.24, 2.45) is 11.0 Å². The van der Waals surface area contributed by atoms with Gasteiger partial charge in [-0.05, 0) is 12.8 Å². The quantitative estimate of drug-likeness (QED) is 0.611. The van der Waals surface area contributed by atoms with E-state index in [0.29, 0.717) is 12.3 Å². The van der Waals surface area contributed by atoms with E-state index in [0.717, 1.165) is 31.8 Å². The van der Waals surface area contributed by atoms with Crippen LogP contribution in [0.15, 0.2) is 5.10 Å². The van der Waals surface area contributed by atoms with Gasteiger partial charge in [0.1, 0.15) is 0 Å². The first-order chi connectivity index (χ1) is 5.86. The molecule has 1 atom stereocenters. The Morgan fingerprint density at radius 3 is 3.08 bits per heavy atom. The SMILES string of the molecule is O=C1CC(C2CCCOC2)=NN1. The van der Waals surface area contributed by atoms with E-state index in [1.54, 1.807) is 0 Å². The zero-order valence-corrected chi connectivity index (χ0v) is 6.88. The average Bonchev–Trinajstić information content (AvgIpc) is 2.54. The molecule has 66 valence electrons. The van der Waals surface area contributed by atoms with Gasteiger partial charge in [-0.15, -0.1) is 0 Å². The molecule has 1 N–H and O–H groups in total. The van der Waals surface area contributed by atoms with Crippen LogP contribution in [0.4, 0.5) is 0 Å². The molecular weight excluding hydrogens is 156 g/mol. The summed E-state index contributed by atoms with van der Waals surface area (Å²) < 4.78 is 5.31. The standard InChI is InChI=1S/C8H12N2O2/c11-8-4-7(9-10-8)6-2-1-3-12-5-6/h6H,1-5H2,(H,10,11). The number of nitrogens with zero attached hydrogens (tertiary/aromatic N) is 1. The first-order valence-electron chi connectivity index (χ1n) is 4.29. The van der Waals surface area contributed by atoms with Crippen LogP contribution in [0.2, 0.25) is 0 Å². The van der Waals surface area contributed by atoms with Gasteiger partial charge in [0.15, 0.2) is 0 Å². The minimum absolute atomic E-state index is 0.00979. The van der Waals surface area contributed by atoms with Crippen molar-refractivity contribution in [3.63, 3.8) is 0 Å². The molecule has 0 aromatic heterocycles. The summed E-state index contributed by atoms with van der Waals surface area (Å²) in [4.78, 5) is 10.8. The van der Waals surface area contributed by atoms with Gasteiger partial charge in [-0.1, -0.05) is 0 Å². The fourth-order valence-electron chi connectivity index (χ4n) is 1.62. The highest BCUT2D eigenvalue weighted by atomic mass is 16.5. The zero-order chi connectivity index (χ0) is 8.39. The molecule has 0 spiro atoms. The molecule has 0 aromatic carbocycles. The maximum absolute atomic E-state index is 10.8. The van der Waals surface area contributed by atoms with E-state index in [4.69, 9.17) is 4.74 Å². The van der Waals surface area contributed by atoms with Crippen molar-refractivity contribution in [3.8, 4) is 0 Å². The van der Waals surface area contributed by atoms with Crippen molar-refractivity contribution < 1.29 is 9.53 Å². The molecule has 0 aliphatic carbocycles. The Labute approximate surface area is 71.0 Å². The van der Waals surface area contributed by atoms with Crippen molar-refractivity contribution in [2.45, 2.75) is 19.3 Å². The lowest BCUT2D eigenvalue weighted by atomic mass is 9.95. The highest BCUT2D eigenvalue weighted by Crippen LogP contribution is 2.18. The molecule has 2 heterocycles. The molecule has 2 aliphatic heterocycles. The molecule has 2 rings (SSSR count). The second kappa shape index (κ2) is 3.23. The van der Waals surface area contributed by atoms with Crippen molar-refractivity contribution in [2.75, 3.05) is 13.2 Å². The van der Waals surface area contributed by atoms with Crippen molar-refractivity contribution in [1.29, 1.82) is 0 Å². The van der Waals surface area contributed by atoms with E-state index in [9.17, 15) is 4.79 Å². The third-order valence-electron chi connectivity index (χ3n) is 2.30. The third kappa shape index (κ3) is 1.48. The largest absolute Gasteiger partial charge is 0.381 e. The van der Waals surface area contributed by atoms with E-state index in [1.165, 1.54) is 0 Å². The molecule has 1 amide bonds. The van der Waals surface area contributed by atoms with E-state index in [1.807, 2.05) is 0 Å². The van der Waals surface area contributed by atoms with Crippen LogP contribution in [0.5, 0.6) is 0 Å². The molecular formula is C8H12N2O2. The van der Waals surface area contributed by atoms with E-state index < -0.39 is 0 Å². The first-order valence-corrected chi connectivity index (χ1v) is 4.29. The summed E-state index contributed by atoms with van der Waals surface area (Å²) in [6.07, 6.45) is 2.65. The van der Waals surface area contributed by atoms with Crippen LogP contribution in [0.3, 0.4) is 0 Å². The normalized spacial score (nSPS) is 29.8. The fourth-order valence-corrected chi connectivity index (χ4v) is 1.62. The van der Waals surface area contributed by atoms with Gasteiger partial charge in [0.25, 0.3) is 0 Å². The van der Waals surface area contributed by atoms with Gasteiger partial charge in [-0.3, -0.25) is 4.79 Å². The Hall–Kier alpha value is -0.900. The lowest BCUT2D eigenvalue weighted by Crippen LogP contribution is -2.24. The number of carbonyl (C=O) groups excluding carboxylic acids is 1. The van der Waals surface area contributed by atoms with Gasteiger partial charge in [-0.25, -0.2) is 5.43 Å². The Morgan fingerprint density at radius 2 is 2.50 bits per heavy atom. The van der Waals surface area contributed by atoms with Gasteiger partial charge in [-0.2, -0.15) is 5.10 Å². The molecule has 1 fully saturated rings. The van der Waals surface area contributed by atoms with Crippen molar-refractivity contribution in [3.05, 3.63) is 0 Å². The maximum Gasteiger partial charge on any atom is 0.245 e. The van der Waals surface area contributed by atoms with Gasteiger partial charge in [0.2, 0.25) is 5.91 Å². The van der Waals surface area contributed by atoms with Gasteiger partial charge in [0.05, 0.1) is 18.7 Å². The maximum atomic E-state index is 10.8. The molecule has 0 aromatic rings. The molecule has 0 radical (unpaired) electrons. The molecule has 2 aliphatic rings. The molecule has 0 bridgehead atoms. The Bertz CT molecular complexity index is 219. The Balaban J connectivity index is 1.95. The Kier molecular flexibility index (Phi) is 2.08. The summed E-state index contributed by atoms with van der Waals surface area (Å²) in [7, 11) is 0. The van der Waals surface area contributed by atoms with Crippen LogP contribution in [0.25, 0.3) is 0 Å². The van der Waals surface area contributed by atoms with Gasteiger partial charge in [0, 0.05) is 12.5 Å². The summed E-state index contributed by atoms with van der Waals surface area (Å²) in [6, 6.07) is 0. The minimum Gasteiger partial charge on any atom is -0.381 e. The lowest BCUT2D eigenvalue weighted by molar-refractivity contribution is -0.119. The molecule has 0 saturated carbocycles. The van der Waals surface area contributed by atoms with Crippen molar-refractivity contribution >= 4 is 11.6 Å². The highest BCUT2D eigenvalue weighted by molar-refractivity contribution is 6.06. The molecule has 4 heteroatoms. The second-order valence-electron chi connectivity index (χ2n) is 3.23. The first kappa shape index (κ1) is 7.73. The van der Waals surface area contributed by atoms with Gasteiger partial charge >= 0.3 is 0 Å². The number of hydrogen-bond donors (Lipinski definition) is 1. The summed E-state index contributed by atoms with van der Waals surface area (Å²) in [6.45, 7) is 1.58. The predicted octanol–water partition coefficient (Wildman–Crippen LogP) is 0.289. The number of ether oxygens (including phenoxy) is 1. The monoisotopic (exact) mass is 168 g/mol. The summed E-state index contributed by atoms with van der Waals surface area (Å²) in [5.41, 5.74) is 3.43. The Morgan fingerprint density at radius 1 is 1.58 bits per heavy atom. The smallest absolute Gasteiger partial charge is 0.245 e. The minimum atomic E-state index is 0.00979. The predicted molar refractivity (Wildman–Crippen MR) is 43.7 cm³/mol. The van der Waals surface area contributed by atoms with E-state index in [2.05, 4.69) is 10.5 Å². The third-order valence-corrected chi connectivity index (χ3v) is 2.30. The summed E-state index contributed by atoms with van der Waals surface area (Å²) in [5.74, 6) is 0.383. The number of hydrogen-bond acceptors (Lipinski definition) is 3. The fraction of sp³-hybridized carbons (Fsp3) is 0.750.